The second kappa shape index (κ2) is 45.3. The maximum Gasteiger partial charge on any atom is 0.307 e. The quantitative estimate of drug-likeness (QED) is 0.0392. The van der Waals surface area contributed by atoms with Crippen molar-refractivity contribution >= 4 is 71.4 Å². The fourth-order valence-electron chi connectivity index (χ4n) is 5.55. The van der Waals surface area contributed by atoms with Crippen LogP contribution in [0.2, 0.25) is 0 Å². The predicted octanol–water partition coefficient (Wildman–Crippen LogP) is 2.54. The predicted molar refractivity (Wildman–Crippen MR) is 283 cm³/mol. The molecule has 0 saturated carbocycles. The third-order valence-electron chi connectivity index (χ3n) is 9.64. The Bertz CT molecular complexity index is 2140. The van der Waals surface area contributed by atoms with E-state index in [9.17, 15) is 45.6 Å². The highest BCUT2D eigenvalue weighted by Gasteiger charge is 2.38. The number of halogens is 1. The second-order valence-electron chi connectivity index (χ2n) is 16.5. The van der Waals surface area contributed by atoms with Crippen LogP contribution < -0.4 is 5.73 Å². The summed E-state index contributed by atoms with van der Waals surface area (Å²) in [6.45, 7) is 4.95. The highest BCUT2D eigenvalue weighted by molar-refractivity contribution is 8.13. The van der Waals surface area contributed by atoms with Crippen LogP contribution in [0, 0.1) is 19.3 Å². The number of sulfone groups is 1. The van der Waals surface area contributed by atoms with Crippen LogP contribution in [-0.2, 0) is 109 Å². The average Bonchev–Trinajstić information content (AvgIpc) is 3.41. The minimum Gasteiger partial charge on any atom is -0.481 e. The maximum atomic E-state index is 13.3. The molecule has 0 radical (unpaired) electrons. The zero-order valence-corrected chi connectivity index (χ0v) is 49.0. The Kier molecular flexibility index (Phi) is 44.7. The van der Waals surface area contributed by atoms with Crippen molar-refractivity contribution in [3.05, 3.63) is 59.7 Å². The number of nitrogens with two attached hydrogens (primary N) is 1. The van der Waals surface area contributed by atoms with Crippen molar-refractivity contribution < 1.29 is 117 Å². The van der Waals surface area contributed by atoms with Gasteiger partial charge in [-0.3, -0.25) is 33.6 Å². The molecule has 0 aliphatic heterocycles. The molecule has 29 heteroatoms. The molecule has 0 aliphatic carbocycles. The van der Waals surface area contributed by atoms with Crippen molar-refractivity contribution in [1.29, 1.82) is 0 Å². The average molecular weight is 1190 g/mol. The molecular weight excluding hydrogens is 1110 g/mol. The summed E-state index contributed by atoms with van der Waals surface area (Å²) >= 11 is 0. The van der Waals surface area contributed by atoms with Gasteiger partial charge in [0.05, 0.1) is 187 Å². The van der Waals surface area contributed by atoms with Crippen molar-refractivity contribution in [3.63, 3.8) is 0 Å². The largest absolute Gasteiger partial charge is 0.481 e. The molecule has 26 nitrogen and oxygen atoms in total. The van der Waals surface area contributed by atoms with Gasteiger partial charge in [-0.05, 0) is 38.1 Å². The van der Waals surface area contributed by atoms with Gasteiger partial charge in [0.1, 0.15) is 0 Å². The number of methoxy groups -OCH3 is 6. The zero-order chi connectivity index (χ0) is 60.9. The summed E-state index contributed by atoms with van der Waals surface area (Å²) < 4.78 is 109. The lowest BCUT2D eigenvalue weighted by atomic mass is 9.93. The minimum atomic E-state index is -3.82. The monoisotopic (exact) mass is 1190 g/mol. The third kappa shape index (κ3) is 42.2. The first kappa shape index (κ1) is 77.8. The Morgan fingerprint density at radius 2 is 0.671 bits per heavy atom. The van der Waals surface area contributed by atoms with Crippen molar-refractivity contribution in [2.24, 2.45) is 11.1 Å². The van der Waals surface area contributed by atoms with E-state index < -0.39 is 77.4 Å². The number of rotatable bonds is 34. The molecule has 2 aromatic rings. The van der Waals surface area contributed by atoms with Gasteiger partial charge in [0, 0.05) is 24.7 Å². The van der Waals surface area contributed by atoms with Crippen molar-refractivity contribution in [1.82, 2.24) is 0 Å². The SMILES string of the molecule is CC(=O)O.CO.COC(=O)CCOCC(COCCC(=O)OC)(COCCC(=O)OC)CS(=O)(=O)c1ccc(C)cc1.COC(=O)CCOCC(N)(COCCC(=O)OC)COCCC(=O)OC.Cc1ccc(S(=O)(=O)Cl)cc1. The summed E-state index contributed by atoms with van der Waals surface area (Å²) in [4.78, 5) is 76.8. The molecule has 0 unspecified atom stereocenters. The summed E-state index contributed by atoms with van der Waals surface area (Å²) in [5, 5.41) is 14.4. The van der Waals surface area contributed by atoms with E-state index >= 15 is 0 Å². The van der Waals surface area contributed by atoms with E-state index in [2.05, 4.69) is 28.4 Å². The van der Waals surface area contributed by atoms with Gasteiger partial charge in [0.25, 0.3) is 15.0 Å². The maximum absolute atomic E-state index is 13.3. The molecule has 0 aliphatic rings. The number of carboxylic acid groups (broad SMARTS) is 1. The highest BCUT2D eigenvalue weighted by atomic mass is 35.7. The van der Waals surface area contributed by atoms with Gasteiger partial charge in [-0.1, -0.05) is 35.4 Å². The number of aryl methyl sites for hydroxylation is 2. The van der Waals surface area contributed by atoms with Gasteiger partial charge in [-0.2, -0.15) is 0 Å². The van der Waals surface area contributed by atoms with E-state index in [0.717, 1.165) is 25.2 Å². The molecular formula is C50H80ClNO25S2. The molecule has 0 bridgehead atoms. The lowest BCUT2D eigenvalue weighted by Gasteiger charge is -2.33. The third-order valence-corrected chi connectivity index (χ3v) is 13.0. The van der Waals surface area contributed by atoms with Crippen molar-refractivity contribution in [2.75, 3.05) is 135 Å². The number of carbonyl (C=O) groups excluding carboxylic acids is 6. The molecule has 79 heavy (non-hydrogen) atoms. The Balaban J connectivity index is -0.00000116. The molecule has 4 N–H and O–H groups in total. The fraction of sp³-hybridized carbons (Fsp3) is 0.620. The number of esters is 6. The Morgan fingerprint density at radius 3 is 0.886 bits per heavy atom. The van der Waals surface area contributed by atoms with E-state index in [1.807, 2.05) is 13.8 Å². The number of aliphatic hydroxyl groups excluding tert-OH is 1. The van der Waals surface area contributed by atoms with E-state index in [0.29, 0.717) is 0 Å². The lowest BCUT2D eigenvalue weighted by molar-refractivity contribution is -0.144. The number of carboxylic acids is 1. The minimum absolute atomic E-state index is 0.0106. The standard InChI is InChI=1S/C24H36O11S.C16H29NO9.C7H7ClO2S.C2H4O2.CH4O/c1-19-5-7-20(8-6-19)36(28,29)18-24(15-33-12-9-21(25)30-2,16-34-13-10-22(26)31-3)17-35-14-11-23(27)32-4;1-21-13(18)4-7-24-10-16(17,11-25-8-5-14(19)22-2)12-26-9-6-15(20)23-3;1-6-2-4-7(5-3-6)11(8,9)10;1-2(3)4;1-2/h5-8H,9-18H2,1-4H3;4-12,17H2,1-3H3;2-5H,1H3;1H3,(H,3,4);2H,1H3. The van der Waals surface area contributed by atoms with Crippen molar-refractivity contribution in [2.45, 2.75) is 74.6 Å². The molecule has 0 atom stereocenters. The first-order valence-electron chi connectivity index (χ1n) is 23.8. The smallest absolute Gasteiger partial charge is 0.307 e. The molecule has 0 saturated heterocycles. The topological polar surface area (TPSA) is 365 Å². The zero-order valence-electron chi connectivity index (χ0n) is 46.6. The number of aliphatic carboxylic acids is 1. The number of aliphatic hydroxyl groups is 1. The van der Waals surface area contributed by atoms with Crippen LogP contribution in [0.1, 0.15) is 56.6 Å². The van der Waals surface area contributed by atoms with Crippen LogP contribution in [0.25, 0.3) is 0 Å². The van der Waals surface area contributed by atoms with Crippen LogP contribution in [0.3, 0.4) is 0 Å². The molecule has 0 aromatic heterocycles. The van der Waals surface area contributed by atoms with E-state index in [1.54, 1.807) is 24.3 Å². The molecule has 0 spiro atoms. The van der Waals surface area contributed by atoms with Crippen LogP contribution in [-0.4, -0.2) is 209 Å². The van der Waals surface area contributed by atoms with Gasteiger partial charge in [-0.25, -0.2) is 16.8 Å². The van der Waals surface area contributed by atoms with Crippen molar-refractivity contribution in [3.8, 4) is 0 Å². The molecule has 2 aromatic carbocycles. The van der Waals surface area contributed by atoms with Gasteiger partial charge in [0.2, 0.25) is 0 Å². The molecule has 454 valence electrons. The van der Waals surface area contributed by atoms with E-state index in [4.69, 9.17) is 59.8 Å². The molecule has 0 amide bonds. The Morgan fingerprint density at radius 1 is 0.456 bits per heavy atom. The number of hydrogen-bond acceptors (Lipinski definition) is 25. The Labute approximate surface area is 467 Å². The number of ether oxygens (including phenoxy) is 12. The highest BCUT2D eigenvalue weighted by Crippen LogP contribution is 2.27. The summed E-state index contributed by atoms with van der Waals surface area (Å²) in [5.41, 5.74) is 5.91. The van der Waals surface area contributed by atoms with Gasteiger partial charge in [0.15, 0.2) is 9.84 Å². The first-order valence-corrected chi connectivity index (χ1v) is 27.7. The van der Waals surface area contributed by atoms with E-state index in [-0.39, 0.29) is 128 Å². The fourth-order valence-corrected chi connectivity index (χ4v) is 8.09. The molecule has 0 heterocycles. The van der Waals surface area contributed by atoms with Gasteiger partial charge in [-0.15, -0.1) is 0 Å². The summed E-state index contributed by atoms with van der Waals surface area (Å²) in [7, 11) is 6.35. The second-order valence-corrected chi connectivity index (χ2v) is 21.0. The number of carbonyl (C=O) groups is 7. The van der Waals surface area contributed by atoms with E-state index in [1.165, 1.54) is 66.9 Å². The number of benzene rings is 2. The van der Waals surface area contributed by atoms with Gasteiger partial charge >= 0.3 is 35.8 Å². The van der Waals surface area contributed by atoms with Crippen LogP contribution in [0.4, 0.5) is 0 Å². The summed E-state index contributed by atoms with van der Waals surface area (Å²) in [6.07, 6.45) is 0.216. The summed E-state index contributed by atoms with van der Waals surface area (Å²) in [5.74, 6) is -3.84. The van der Waals surface area contributed by atoms with Crippen LogP contribution in [0.15, 0.2) is 58.3 Å². The Hall–Kier alpha value is -5.40. The van der Waals surface area contributed by atoms with Crippen LogP contribution in [0.5, 0.6) is 0 Å². The normalized spacial score (nSPS) is 10.9. The van der Waals surface area contributed by atoms with Gasteiger partial charge < -0.3 is 72.8 Å². The lowest BCUT2D eigenvalue weighted by Crippen LogP contribution is -2.53. The molecule has 2 rings (SSSR count). The first-order chi connectivity index (χ1) is 37.2. The number of hydrogen-bond donors (Lipinski definition) is 3. The molecule has 0 fully saturated rings. The van der Waals surface area contributed by atoms with Crippen LogP contribution >= 0.6 is 10.7 Å². The summed E-state index contributed by atoms with van der Waals surface area (Å²) in [6, 6.07) is 12.8.